The third-order valence-corrected chi connectivity index (χ3v) is 3.42. The molecule has 2 rings (SSSR count). The Labute approximate surface area is 130 Å². The second kappa shape index (κ2) is 7.54. The molecule has 0 bridgehead atoms. The van der Waals surface area contributed by atoms with Gasteiger partial charge in [0, 0.05) is 12.7 Å². The van der Waals surface area contributed by atoms with Gasteiger partial charge in [-0.2, -0.15) is 0 Å². The first-order valence-electron chi connectivity index (χ1n) is 7.34. The molecule has 0 aliphatic rings. The SMILES string of the molecule is C=CNCCCCOC(=O)c1c[nH]c2cc(C)cc(OC)c12. The molecule has 0 fully saturated rings. The van der Waals surface area contributed by atoms with Crippen molar-refractivity contribution in [3.8, 4) is 5.75 Å². The van der Waals surface area contributed by atoms with Crippen LogP contribution in [0.15, 0.2) is 31.1 Å². The van der Waals surface area contributed by atoms with E-state index >= 15 is 0 Å². The maximum atomic E-state index is 12.2. The van der Waals surface area contributed by atoms with E-state index in [1.807, 2.05) is 19.1 Å². The Morgan fingerprint density at radius 1 is 1.41 bits per heavy atom. The predicted octanol–water partition coefficient (Wildman–Crippen LogP) is 3.16. The van der Waals surface area contributed by atoms with Crippen LogP contribution in [0.3, 0.4) is 0 Å². The monoisotopic (exact) mass is 302 g/mol. The number of hydrogen-bond acceptors (Lipinski definition) is 4. The molecular weight excluding hydrogens is 280 g/mol. The van der Waals surface area contributed by atoms with Crippen molar-refractivity contribution in [2.75, 3.05) is 20.3 Å². The van der Waals surface area contributed by atoms with Crippen molar-refractivity contribution in [1.82, 2.24) is 10.3 Å². The highest BCUT2D eigenvalue weighted by Gasteiger charge is 2.17. The maximum absolute atomic E-state index is 12.2. The number of carbonyl (C=O) groups excluding carboxylic acids is 1. The molecule has 1 aromatic carbocycles. The van der Waals surface area contributed by atoms with Gasteiger partial charge in [0.25, 0.3) is 0 Å². The number of nitrogens with one attached hydrogen (secondary N) is 2. The van der Waals surface area contributed by atoms with Gasteiger partial charge < -0.3 is 19.8 Å². The molecular formula is C17H22N2O3. The maximum Gasteiger partial charge on any atom is 0.340 e. The molecule has 0 saturated heterocycles. The minimum atomic E-state index is -0.329. The summed E-state index contributed by atoms with van der Waals surface area (Å²) in [6.07, 6.45) is 5.07. The van der Waals surface area contributed by atoms with E-state index < -0.39 is 0 Å². The Morgan fingerprint density at radius 3 is 2.95 bits per heavy atom. The molecule has 0 spiro atoms. The summed E-state index contributed by atoms with van der Waals surface area (Å²) in [5.41, 5.74) is 2.45. The summed E-state index contributed by atoms with van der Waals surface area (Å²) in [4.78, 5) is 15.3. The number of rotatable bonds is 8. The zero-order chi connectivity index (χ0) is 15.9. The summed E-state index contributed by atoms with van der Waals surface area (Å²) in [5, 5.41) is 3.78. The third-order valence-electron chi connectivity index (χ3n) is 3.42. The summed E-state index contributed by atoms with van der Waals surface area (Å²) < 4.78 is 10.7. The number of benzene rings is 1. The molecule has 2 N–H and O–H groups in total. The highest BCUT2D eigenvalue weighted by atomic mass is 16.5. The zero-order valence-corrected chi connectivity index (χ0v) is 13.1. The number of aryl methyl sites for hydroxylation is 1. The van der Waals surface area contributed by atoms with Crippen LogP contribution in [0.1, 0.15) is 28.8 Å². The predicted molar refractivity (Wildman–Crippen MR) is 87.3 cm³/mol. The fourth-order valence-corrected chi connectivity index (χ4v) is 2.36. The van der Waals surface area contributed by atoms with Gasteiger partial charge in [0.15, 0.2) is 0 Å². The van der Waals surface area contributed by atoms with Crippen LogP contribution in [0.2, 0.25) is 0 Å². The van der Waals surface area contributed by atoms with E-state index in [4.69, 9.17) is 9.47 Å². The summed E-state index contributed by atoms with van der Waals surface area (Å²) in [5.74, 6) is 0.350. The number of carbonyl (C=O) groups is 1. The Morgan fingerprint density at radius 2 is 2.23 bits per heavy atom. The van der Waals surface area contributed by atoms with Gasteiger partial charge in [-0.15, -0.1) is 0 Å². The lowest BCUT2D eigenvalue weighted by Gasteiger charge is -2.07. The first-order chi connectivity index (χ1) is 10.7. The first kappa shape index (κ1) is 15.9. The molecule has 22 heavy (non-hydrogen) atoms. The lowest BCUT2D eigenvalue weighted by Crippen LogP contribution is -2.10. The number of fused-ring (bicyclic) bond motifs is 1. The van der Waals surface area contributed by atoms with Crippen molar-refractivity contribution in [3.63, 3.8) is 0 Å². The van der Waals surface area contributed by atoms with Crippen LogP contribution >= 0.6 is 0 Å². The van der Waals surface area contributed by atoms with Crippen LogP contribution < -0.4 is 10.1 Å². The highest BCUT2D eigenvalue weighted by Crippen LogP contribution is 2.30. The molecule has 1 heterocycles. The van der Waals surface area contributed by atoms with Crippen molar-refractivity contribution in [2.45, 2.75) is 19.8 Å². The van der Waals surface area contributed by atoms with E-state index in [9.17, 15) is 4.79 Å². The van der Waals surface area contributed by atoms with Gasteiger partial charge in [0.2, 0.25) is 0 Å². The molecule has 0 aliphatic heterocycles. The van der Waals surface area contributed by atoms with E-state index in [1.54, 1.807) is 19.5 Å². The van der Waals surface area contributed by atoms with Gasteiger partial charge in [0.1, 0.15) is 5.75 Å². The number of esters is 1. The van der Waals surface area contributed by atoms with Crippen molar-refractivity contribution < 1.29 is 14.3 Å². The number of aromatic nitrogens is 1. The number of aromatic amines is 1. The number of unbranched alkanes of at least 4 members (excludes halogenated alkanes) is 1. The number of H-pyrrole nitrogens is 1. The molecule has 0 unspecified atom stereocenters. The van der Waals surface area contributed by atoms with Crippen LogP contribution in [0, 0.1) is 6.92 Å². The van der Waals surface area contributed by atoms with Gasteiger partial charge in [0.05, 0.1) is 30.2 Å². The number of hydrogen-bond donors (Lipinski definition) is 2. The van der Waals surface area contributed by atoms with E-state index in [1.165, 1.54) is 0 Å². The minimum absolute atomic E-state index is 0.329. The minimum Gasteiger partial charge on any atom is -0.496 e. The summed E-state index contributed by atoms with van der Waals surface area (Å²) in [7, 11) is 1.60. The lowest BCUT2D eigenvalue weighted by atomic mass is 10.1. The molecule has 118 valence electrons. The van der Waals surface area contributed by atoms with Crippen molar-refractivity contribution in [1.29, 1.82) is 0 Å². The fraction of sp³-hybridized carbons (Fsp3) is 0.353. The van der Waals surface area contributed by atoms with Crippen LogP contribution in [-0.2, 0) is 4.74 Å². The van der Waals surface area contributed by atoms with Gasteiger partial charge in [-0.3, -0.25) is 0 Å². The largest absolute Gasteiger partial charge is 0.496 e. The Hall–Kier alpha value is -2.43. The molecule has 0 aliphatic carbocycles. The summed E-state index contributed by atoms with van der Waals surface area (Å²) >= 11 is 0. The van der Waals surface area contributed by atoms with Crippen molar-refractivity contribution in [3.05, 3.63) is 42.2 Å². The Balaban J connectivity index is 2.04. The van der Waals surface area contributed by atoms with Gasteiger partial charge in [-0.1, -0.05) is 6.58 Å². The van der Waals surface area contributed by atoms with E-state index in [0.29, 0.717) is 17.9 Å². The Bertz CT molecular complexity index is 661. The summed E-state index contributed by atoms with van der Waals surface area (Å²) in [6, 6.07) is 3.89. The fourth-order valence-electron chi connectivity index (χ4n) is 2.36. The van der Waals surface area contributed by atoms with Gasteiger partial charge >= 0.3 is 5.97 Å². The van der Waals surface area contributed by atoms with E-state index in [0.717, 1.165) is 35.9 Å². The van der Waals surface area contributed by atoms with E-state index in [2.05, 4.69) is 16.9 Å². The molecule has 0 saturated carbocycles. The molecule has 1 aromatic heterocycles. The van der Waals surface area contributed by atoms with Crippen LogP contribution in [0.4, 0.5) is 0 Å². The quantitative estimate of drug-likeness (QED) is 0.581. The highest BCUT2D eigenvalue weighted by molar-refractivity contribution is 6.06. The normalized spacial score (nSPS) is 10.5. The number of methoxy groups -OCH3 is 1. The third kappa shape index (κ3) is 3.61. The second-order valence-electron chi connectivity index (χ2n) is 5.09. The topological polar surface area (TPSA) is 63.3 Å². The second-order valence-corrected chi connectivity index (χ2v) is 5.09. The van der Waals surface area contributed by atoms with Crippen molar-refractivity contribution in [2.24, 2.45) is 0 Å². The van der Waals surface area contributed by atoms with Crippen molar-refractivity contribution >= 4 is 16.9 Å². The average molecular weight is 302 g/mol. The smallest absolute Gasteiger partial charge is 0.340 e. The summed E-state index contributed by atoms with van der Waals surface area (Å²) in [6.45, 7) is 6.80. The van der Waals surface area contributed by atoms with Crippen LogP contribution in [-0.4, -0.2) is 31.2 Å². The zero-order valence-electron chi connectivity index (χ0n) is 13.1. The molecule has 0 atom stereocenters. The Kier molecular flexibility index (Phi) is 5.47. The standard InChI is InChI=1S/C17H22N2O3/c1-4-18-7-5-6-8-22-17(20)13-11-19-14-9-12(2)10-15(21-3)16(13)14/h4,9-11,18-19H,1,5-8H2,2-3H3. The number of ether oxygens (including phenoxy) is 2. The van der Waals surface area contributed by atoms with Gasteiger partial charge in [-0.25, -0.2) is 4.79 Å². The average Bonchev–Trinajstić information content (AvgIpc) is 2.93. The molecule has 2 aromatic rings. The van der Waals surface area contributed by atoms with Gasteiger partial charge in [-0.05, 0) is 43.7 Å². The lowest BCUT2D eigenvalue weighted by molar-refractivity contribution is 0.0501. The molecule has 5 heteroatoms. The molecule has 0 amide bonds. The van der Waals surface area contributed by atoms with E-state index in [-0.39, 0.29) is 5.97 Å². The van der Waals surface area contributed by atoms with Crippen LogP contribution in [0.25, 0.3) is 10.9 Å². The first-order valence-corrected chi connectivity index (χ1v) is 7.34. The molecule has 0 radical (unpaired) electrons. The molecule has 5 nitrogen and oxygen atoms in total. The van der Waals surface area contributed by atoms with Crippen LogP contribution in [0.5, 0.6) is 5.75 Å².